The summed E-state index contributed by atoms with van der Waals surface area (Å²) in [7, 11) is 1.35. The van der Waals surface area contributed by atoms with Crippen molar-refractivity contribution in [1.29, 1.82) is 0 Å². The Hall–Kier alpha value is -4.56. The number of ether oxygens (including phenoxy) is 1. The fourth-order valence-electron chi connectivity index (χ4n) is 4.62. The lowest BCUT2D eigenvalue weighted by atomic mass is 9.90. The Morgan fingerprint density at radius 1 is 0.947 bits per heavy atom. The molecule has 3 aromatic rings. The van der Waals surface area contributed by atoms with Crippen molar-refractivity contribution < 1.29 is 34.1 Å². The van der Waals surface area contributed by atoms with Crippen LogP contribution in [0.25, 0.3) is 0 Å². The molecule has 194 valence electrons. The number of methoxy groups -OCH3 is 1. The zero-order valence-electron chi connectivity index (χ0n) is 19.4. The van der Waals surface area contributed by atoms with Crippen LogP contribution in [0, 0.1) is 26.1 Å². The Morgan fingerprint density at radius 3 is 2.26 bits per heavy atom. The smallest absolute Gasteiger partial charge is 0.271 e. The van der Waals surface area contributed by atoms with Crippen molar-refractivity contribution in [3.63, 3.8) is 0 Å². The number of phenols is 1. The van der Waals surface area contributed by atoms with Gasteiger partial charge in [0.1, 0.15) is 5.92 Å². The van der Waals surface area contributed by atoms with Crippen molar-refractivity contribution in [1.82, 2.24) is 0 Å². The first-order valence-corrected chi connectivity index (χ1v) is 11.8. The van der Waals surface area contributed by atoms with Gasteiger partial charge in [0.2, 0.25) is 5.91 Å². The molecule has 0 saturated carbocycles. The number of imide groups is 1. The van der Waals surface area contributed by atoms with E-state index in [0.717, 1.165) is 4.90 Å². The molecule has 0 radical (unpaired) electrons. The van der Waals surface area contributed by atoms with E-state index in [9.17, 15) is 34.9 Å². The summed E-state index contributed by atoms with van der Waals surface area (Å²) in [4.78, 5) is 55.3. The van der Waals surface area contributed by atoms with E-state index < -0.39 is 39.7 Å². The molecule has 2 heterocycles. The largest absolute Gasteiger partial charge is 0.503 e. The molecule has 0 aromatic heterocycles. The number of aromatic hydroxyl groups is 1. The van der Waals surface area contributed by atoms with Gasteiger partial charge in [-0.2, -0.15) is 0 Å². The number of carbonyl (C=O) groups is 2. The van der Waals surface area contributed by atoms with Crippen LogP contribution in [-0.2, 0) is 14.4 Å². The molecular weight excluding hydrogens is 568 g/mol. The minimum Gasteiger partial charge on any atom is -0.503 e. The molecule has 0 spiro atoms. The molecule has 5 rings (SSSR count). The molecule has 13 nitrogen and oxygen atoms in total. The number of hydroxylamine groups is 1. The van der Waals surface area contributed by atoms with Crippen molar-refractivity contribution in [3.8, 4) is 11.5 Å². The highest BCUT2D eigenvalue weighted by molar-refractivity contribution is 9.10. The van der Waals surface area contributed by atoms with E-state index in [4.69, 9.17) is 9.57 Å². The first-order chi connectivity index (χ1) is 18.1. The van der Waals surface area contributed by atoms with Gasteiger partial charge in [0, 0.05) is 24.3 Å². The highest BCUT2D eigenvalue weighted by Crippen LogP contribution is 2.50. The van der Waals surface area contributed by atoms with Crippen LogP contribution in [0.4, 0.5) is 22.7 Å². The fourth-order valence-corrected chi connectivity index (χ4v) is 5.08. The summed E-state index contributed by atoms with van der Waals surface area (Å²) < 4.78 is 5.50. The van der Waals surface area contributed by atoms with Gasteiger partial charge in [0.05, 0.1) is 38.8 Å². The predicted molar refractivity (Wildman–Crippen MR) is 135 cm³/mol. The Morgan fingerprint density at radius 2 is 1.63 bits per heavy atom. The minimum atomic E-state index is -1.29. The second-order valence-corrected chi connectivity index (χ2v) is 9.29. The summed E-state index contributed by atoms with van der Waals surface area (Å²) in [6.07, 6.45) is -1.29. The van der Waals surface area contributed by atoms with E-state index in [1.54, 1.807) is 0 Å². The van der Waals surface area contributed by atoms with Gasteiger partial charge in [-0.25, -0.2) is 9.96 Å². The second-order valence-electron chi connectivity index (χ2n) is 8.44. The number of hydrogen-bond donors (Lipinski definition) is 1. The van der Waals surface area contributed by atoms with Crippen LogP contribution >= 0.6 is 15.9 Å². The molecule has 14 heteroatoms. The Labute approximate surface area is 222 Å². The number of anilines is 2. The van der Waals surface area contributed by atoms with Gasteiger partial charge in [0.15, 0.2) is 17.6 Å². The first kappa shape index (κ1) is 25.1. The summed E-state index contributed by atoms with van der Waals surface area (Å²) in [5.41, 5.74) is 0.340. The highest BCUT2D eigenvalue weighted by atomic mass is 79.9. The molecule has 38 heavy (non-hydrogen) atoms. The number of phenolic OH excluding ortho intramolecular Hbond substituents is 1. The van der Waals surface area contributed by atoms with E-state index in [0.29, 0.717) is 5.56 Å². The number of fused-ring (bicyclic) bond motifs is 1. The molecule has 2 fully saturated rings. The average molecular weight is 585 g/mol. The van der Waals surface area contributed by atoms with Crippen molar-refractivity contribution in [2.24, 2.45) is 5.92 Å². The van der Waals surface area contributed by atoms with Crippen LogP contribution in [0.2, 0.25) is 0 Å². The van der Waals surface area contributed by atoms with Gasteiger partial charge in [-0.1, -0.05) is 6.07 Å². The number of nitro benzene ring substituents is 2. The number of non-ortho nitro benzene ring substituents is 2. The van der Waals surface area contributed by atoms with Gasteiger partial charge in [-0.05, 0) is 51.8 Å². The monoisotopic (exact) mass is 584 g/mol. The normalized spacial score (nSPS) is 20.5. The highest BCUT2D eigenvalue weighted by Gasteiger charge is 2.60. The molecule has 0 aliphatic carbocycles. The number of benzene rings is 3. The summed E-state index contributed by atoms with van der Waals surface area (Å²) in [5.74, 6) is -2.53. The van der Waals surface area contributed by atoms with E-state index >= 15 is 0 Å². The SMILES string of the molecule is COc1cc([C@@H]2[C@H]3C(=O)N(c4ccc([N+](=O)[O-])cc4)C(=O)[C@@H]3ON2c2cccc([N+](=O)[O-])c2)cc(Br)c1O. The third kappa shape index (κ3) is 3.99. The van der Waals surface area contributed by atoms with Gasteiger partial charge >= 0.3 is 0 Å². The topological polar surface area (TPSA) is 166 Å². The second kappa shape index (κ2) is 9.39. The number of nitrogens with zero attached hydrogens (tertiary/aromatic N) is 4. The minimum absolute atomic E-state index is 0.0841. The molecule has 0 unspecified atom stereocenters. The van der Waals surface area contributed by atoms with Gasteiger partial charge < -0.3 is 9.84 Å². The molecule has 3 atom stereocenters. The number of hydrogen-bond acceptors (Lipinski definition) is 10. The third-order valence-electron chi connectivity index (χ3n) is 6.34. The van der Waals surface area contributed by atoms with E-state index in [-0.39, 0.29) is 38.7 Å². The number of amides is 2. The maximum Gasteiger partial charge on any atom is 0.271 e. The summed E-state index contributed by atoms with van der Waals surface area (Å²) in [6.45, 7) is 0. The van der Waals surface area contributed by atoms with Crippen LogP contribution < -0.4 is 14.7 Å². The van der Waals surface area contributed by atoms with E-state index in [2.05, 4.69) is 15.9 Å². The van der Waals surface area contributed by atoms with Crippen molar-refractivity contribution in [2.75, 3.05) is 17.1 Å². The van der Waals surface area contributed by atoms with Crippen LogP contribution in [0.3, 0.4) is 0 Å². The Bertz CT molecular complexity index is 1500. The molecule has 2 aliphatic heterocycles. The van der Waals surface area contributed by atoms with Crippen molar-refractivity contribution in [2.45, 2.75) is 12.1 Å². The molecule has 2 aliphatic rings. The predicted octanol–water partition coefficient (Wildman–Crippen LogP) is 4.03. The first-order valence-electron chi connectivity index (χ1n) is 11.0. The molecule has 2 amide bonds. The Balaban J connectivity index is 1.62. The molecule has 3 aromatic carbocycles. The summed E-state index contributed by atoms with van der Waals surface area (Å²) >= 11 is 3.26. The van der Waals surface area contributed by atoms with Crippen molar-refractivity contribution >= 4 is 50.5 Å². The standard InChI is InChI=1S/C24H17BrN4O9/c1-37-18-10-12(9-17(25)21(18)30)20-19-22(38-27(20)15-3-2-4-16(11-15)29(35)36)24(32)26(23(19)31)13-5-7-14(8-6-13)28(33)34/h2-11,19-20,22,30H,1H3/t19-,20-,22-/m1/s1. The quantitative estimate of drug-likeness (QED) is 0.254. The Kier molecular flexibility index (Phi) is 6.20. The lowest BCUT2D eigenvalue weighted by Gasteiger charge is -2.29. The lowest BCUT2D eigenvalue weighted by Crippen LogP contribution is -2.37. The third-order valence-corrected chi connectivity index (χ3v) is 6.95. The van der Waals surface area contributed by atoms with E-state index in [1.165, 1.54) is 72.8 Å². The number of rotatable bonds is 6. The summed E-state index contributed by atoms with van der Waals surface area (Å²) in [5, 5.41) is 34.0. The number of nitro groups is 2. The number of carbonyl (C=O) groups excluding carboxylic acids is 2. The average Bonchev–Trinajstić information content (AvgIpc) is 3.41. The van der Waals surface area contributed by atoms with Gasteiger partial charge in [-0.15, -0.1) is 0 Å². The maximum atomic E-state index is 13.7. The molecule has 0 bridgehead atoms. The molecule has 2 saturated heterocycles. The molecule has 1 N–H and O–H groups in total. The van der Waals surface area contributed by atoms with Crippen LogP contribution in [0.1, 0.15) is 11.6 Å². The number of halogens is 1. The van der Waals surface area contributed by atoms with Gasteiger partial charge in [0.25, 0.3) is 17.3 Å². The van der Waals surface area contributed by atoms with Crippen LogP contribution in [0.15, 0.2) is 65.1 Å². The van der Waals surface area contributed by atoms with Crippen molar-refractivity contribution in [3.05, 3.63) is 90.9 Å². The van der Waals surface area contributed by atoms with E-state index in [1.807, 2.05) is 0 Å². The summed E-state index contributed by atoms with van der Waals surface area (Å²) in [6, 6.07) is 12.5. The lowest BCUT2D eigenvalue weighted by molar-refractivity contribution is -0.385. The van der Waals surface area contributed by atoms with Crippen LogP contribution in [0.5, 0.6) is 11.5 Å². The molecular formula is C24H17BrN4O9. The van der Waals surface area contributed by atoms with Gasteiger partial charge in [-0.3, -0.25) is 34.7 Å². The maximum absolute atomic E-state index is 13.7. The zero-order valence-corrected chi connectivity index (χ0v) is 21.0. The fraction of sp³-hybridized carbons (Fsp3) is 0.167. The zero-order chi connectivity index (χ0) is 27.3. The van der Waals surface area contributed by atoms with Crippen LogP contribution in [-0.4, -0.2) is 40.0 Å².